The monoisotopic (exact) mass is 337 g/mol. The maximum Gasteiger partial charge on any atom is 0.251 e. The van der Waals surface area contributed by atoms with Gasteiger partial charge < -0.3 is 15.7 Å². The number of carbonyl (C=O) groups excluding carboxylic acids is 1. The normalized spacial score (nSPS) is 13.3. The number of hydrogen-bond donors (Lipinski definition) is 3. The maximum atomic E-state index is 12.9. The third kappa shape index (κ3) is 4.40. The molecule has 0 bridgehead atoms. The number of nitrogens with one attached hydrogen (secondary N) is 2. The van der Waals surface area contributed by atoms with Gasteiger partial charge >= 0.3 is 0 Å². The first-order valence-corrected chi connectivity index (χ1v) is 7.31. The van der Waals surface area contributed by atoms with Crippen LogP contribution in [0.25, 0.3) is 0 Å². The molecule has 1 unspecified atom stereocenters. The summed E-state index contributed by atoms with van der Waals surface area (Å²) in [6.07, 6.45) is 0. The highest BCUT2D eigenvalue weighted by molar-refractivity contribution is 6.29. The first-order valence-electron chi connectivity index (χ1n) is 6.94. The molecule has 0 saturated heterocycles. The minimum absolute atomic E-state index is 0.0354. The molecule has 0 aliphatic rings. The van der Waals surface area contributed by atoms with Crippen LogP contribution >= 0.6 is 11.6 Å². The summed E-state index contributed by atoms with van der Waals surface area (Å²) in [6, 6.07) is 8.45. The van der Waals surface area contributed by atoms with E-state index >= 15 is 0 Å². The molecule has 3 N–H and O–H groups in total. The zero-order chi connectivity index (χ0) is 17.0. The van der Waals surface area contributed by atoms with Crippen molar-refractivity contribution >= 4 is 23.3 Å². The molecule has 23 heavy (non-hydrogen) atoms. The molecule has 1 amide bonds. The van der Waals surface area contributed by atoms with Crippen LogP contribution < -0.4 is 10.6 Å². The van der Waals surface area contributed by atoms with Gasteiger partial charge in [-0.15, -0.1) is 0 Å². The van der Waals surface area contributed by atoms with Gasteiger partial charge in [0.15, 0.2) is 0 Å². The summed E-state index contributed by atoms with van der Waals surface area (Å²) in [5.74, 6) is -0.319. The van der Waals surface area contributed by atoms with Crippen LogP contribution in [-0.4, -0.2) is 29.6 Å². The lowest BCUT2D eigenvalue weighted by molar-refractivity contribution is 0.0526. The zero-order valence-electron chi connectivity index (χ0n) is 12.7. The fourth-order valence-corrected chi connectivity index (χ4v) is 2.23. The molecule has 0 spiro atoms. The van der Waals surface area contributed by atoms with Crippen molar-refractivity contribution < 1.29 is 14.3 Å². The summed E-state index contributed by atoms with van der Waals surface area (Å²) in [5, 5.41) is 16.1. The lowest BCUT2D eigenvalue weighted by Gasteiger charge is -2.24. The average molecular weight is 338 g/mol. The van der Waals surface area contributed by atoms with E-state index in [9.17, 15) is 14.3 Å². The number of aliphatic hydroxyl groups is 1. The Kier molecular flexibility index (Phi) is 5.18. The van der Waals surface area contributed by atoms with Crippen LogP contribution in [0.3, 0.4) is 0 Å². The third-order valence-corrected chi connectivity index (χ3v) is 3.57. The second kappa shape index (κ2) is 6.93. The van der Waals surface area contributed by atoms with Crippen LogP contribution in [0, 0.1) is 5.82 Å². The van der Waals surface area contributed by atoms with Crippen molar-refractivity contribution in [2.75, 3.05) is 18.9 Å². The van der Waals surface area contributed by atoms with Crippen molar-refractivity contribution in [1.29, 1.82) is 0 Å². The lowest BCUT2D eigenvalue weighted by atomic mass is 9.96. The molecule has 2 rings (SSSR count). The molecule has 1 heterocycles. The summed E-state index contributed by atoms with van der Waals surface area (Å²) in [7, 11) is 1.67. The molecular weight excluding hydrogens is 321 g/mol. The molecule has 0 aliphatic heterocycles. The predicted octanol–water partition coefficient (Wildman–Crippen LogP) is 2.55. The predicted molar refractivity (Wildman–Crippen MR) is 87.1 cm³/mol. The fourth-order valence-electron chi connectivity index (χ4n) is 2.02. The maximum absolute atomic E-state index is 12.9. The van der Waals surface area contributed by atoms with Crippen molar-refractivity contribution in [2.45, 2.75) is 12.5 Å². The molecule has 0 saturated carbocycles. The SMILES string of the molecule is CNc1cc(C(=O)NCC(C)(O)c2ccc(F)cc2)cc(Cl)n1. The van der Waals surface area contributed by atoms with Crippen molar-refractivity contribution in [3.05, 3.63) is 58.5 Å². The Labute approximate surface area is 138 Å². The quantitative estimate of drug-likeness (QED) is 0.733. The third-order valence-electron chi connectivity index (χ3n) is 3.37. The summed E-state index contributed by atoms with van der Waals surface area (Å²) in [5.41, 5.74) is -0.501. The summed E-state index contributed by atoms with van der Waals surface area (Å²) < 4.78 is 12.9. The van der Waals surface area contributed by atoms with E-state index in [2.05, 4.69) is 15.6 Å². The molecule has 1 aromatic carbocycles. The molecule has 122 valence electrons. The van der Waals surface area contributed by atoms with Crippen molar-refractivity contribution in [3.63, 3.8) is 0 Å². The lowest BCUT2D eigenvalue weighted by Crippen LogP contribution is -2.38. The van der Waals surface area contributed by atoms with E-state index in [1.807, 2.05) is 0 Å². The van der Waals surface area contributed by atoms with Gasteiger partial charge in [-0.25, -0.2) is 9.37 Å². The molecule has 0 aliphatic carbocycles. The number of hydrogen-bond acceptors (Lipinski definition) is 4. The Hall–Kier alpha value is -2.18. The molecule has 7 heteroatoms. The van der Waals surface area contributed by atoms with Crippen LogP contribution in [0.4, 0.5) is 10.2 Å². The smallest absolute Gasteiger partial charge is 0.251 e. The van der Waals surface area contributed by atoms with Gasteiger partial charge in [-0.3, -0.25) is 4.79 Å². The molecule has 1 atom stereocenters. The number of rotatable bonds is 5. The van der Waals surface area contributed by atoms with Gasteiger partial charge in [0.25, 0.3) is 5.91 Å². The van der Waals surface area contributed by atoms with Gasteiger partial charge in [-0.1, -0.05) is 23.7 Å². The summed E-state index contributed by atoms with van der Waals surface area (Å²) in [6.45, 7) is 1.51. The van der Waals surface area contributed by atoms with Gasteiger partial charge in [0.1, 0.15) is 22.4 Å². The first-order chi connectivity index (χ1) is 10.8. The van der Waals surface area contributed by atoms with Gasteiger partial charge in [-0.2, -0.15) is 0 Å². The van der Waals surface area contributed by atoms with Crippen LogP contribution in [0.15, 0.2) is 36.4 Å². The summed E-state index contributed by atoms with van der Waals surface area (Å²) in [4.78, 5) is 16.2. The molecule has 1 aromatic heterocycles. The molecule has 0 radical (unpaired) electrons. The topological polar surface area (TPSA) is 74.2 Å². The minimum Gasteiger partial charge on any atom is -0.384 e. The number of nitrogens with zero attached hydrogens (tertiary/aromatic N) is 1. The second-order valence-electron chi connectivity index (χ2n) is 5.28. The second-order valence-corrected chi connectivity index (χ2v) is 5.66. The number of benzene rings is 1. The van der Waals surface area contributed by atoms with Crippen molar-refractivity contribution in [1.82, 2.24) is 10.3 Å². The number of aromatic nitrogens is 1. The van der Waals surface area contributed by atoms with Crippen LogP contribution in [0.5, 0.6) is 0 Å². The zero-order valence-corrected chi connectivity index (χ0v) is 13.5. The molecule has 0 fully saturated rings. The number of amides is 1. The number of pyridine rings is 1. The van der Waals surface area contributed by atoms with Crippen molar-refractivity contribution in [3.8, 4) is 0 Å². The standard InChI is InChI=1S/C16H17ClFN3O2/c1-16(23,11-3-5-12(18)6-4-11)9-20-15(22)10-7-13(17)21-14(8-10)19-2/h3-8,23H,9H2,1-2H3,(H,19,21)(H,20,22). The van der Waals surface area contributed by atoms with Crippen molar-refractivity contribution in [2.24, 2.45) is 0 Å². The molecular formula is C16H17ClFN3O2. The van der Waals surface area contributed by atoms with Gasteiger partial charge in [0.2, 0.25) is 0 Å². The highest BCUT2D eigenvalue weighted by atomic mass is 35.5. The number of anilines is 1. The van der Waals surface area contributed by atoms with E-state index in [1.54, 1.807) is 20.0 Å². The first kappa shape index (κ1) is 17.2. The number of carbonyl (C=O) groups is 1. The molecule has 2 aromatic rings. The van der Waals surface area contributed by atoms with E-state index < -0.39 is 11.5 Å². The van der Waals surface area contributed by atoms with E-state index in [-0.39, 0.29) is 17.5 Å². The van der Waals surface area contributed by atoms with E-state index in [1.165, 1.54) is 30.3 Å². The van der Waals surface area contributed by atoms with Gasteiger partial charge in [0.05, 0.1) is 6.54 Å². The van der Waals surface area contributed by atoms with Gasteiger partial charge in [0, 0.05) is 12.6 Å². The highest BCUT2D eigenvalue weighted by Gasteiger charge is 2.24. The van der Waals surface area contributed by atoms with E-state index in [0.29, 0.717) is 16.9 Å². The average Bonchev–Trinajstić information content (AvgIpc) is 2.52. The van der Waals surface area contributed by atoms with E-state index in [4.69, 9.17) is 11.6 Å². The Balaban J connectivity index is 2.08. The number of halogens is 2. The van der Waals surface area contributed by atoms with Gasteiger partial charge in [-0.05, 0) is 36.8 Å². The van der Waals surface area contributed by atoms with Crippen LogP contribution in [0.2, 0.25) is 5.15 Å². The largest absolute Gasteiger partial charge is 0.384 e. The Morgan fingerprint density at radius 3 is 2.61 bits per heavy atom. The highest BCUT2D eigenvalue weighted by Crippen LogP contribution is 2.20. The Bertz CT molecular complexity index is 705. The van der Waals surface area contributed by atoms with Crippen LogP contribution in [-0.2, 0) is 5.60 Å². The summed E-state index contributed by atoms with van der Waals surface area (Å²) >= 11 is 5.86. The fraction of sp³-hybridized carbons (Fsp3) is 0.250. The molecule has 5 nitrogen and oxygen atoms in total. The Morgan fingerprint density at radius 1 is 1.35 bits per heavy atom. The Morgan fingerprint density at radius 2 is 2.00 bits per heavy atom. The van der Waals surface area contributed by atoms with E-state index in [0.717, 1.165) is 0 Å². The minimum atomic E-state index is -1.33. The van der Waals surface area contributed by atoms with Crippen LogP contribution in [0.1, 0.15) is 22.8 Å².